The Bertz CT molecular complexity index is 658. The van der Waals surface area contributed by atoms with Gasteiger partial charge in [-0.25, -0.2) is 4.98 Å². The first kappa shape index (κ1) is 16.2. The number of benzene rings is 1. The van der Waals surface area contributed by atoms with Gasteiger partial charge in [0.1, 0.15) is 5.75 Å². The lowest BCUT2D eigenvalue weighted by Crippen LogP contribution is -2.42. The number of rotatable bonds is 5. The molecular weight excluding hydrogens is 304 g/mol. The molecule has 0 spiro atoms. The smallest absolute Gasteiger partial charge is 0.246 e. The highest BCUT2D eigenvalue weighted by Crippen LogP contribution is 2.23. The largest absolute Gasteiger partial charge is 0.474 e. The molecule has 0 fully saturated rings. The zero-order valence-corrected chi connectivity index (χ0v) is 13.3. The van der Waals surface area contributed by atoms with Crippen LogP contribution in [0, 0.1) is 5.41 Å². The number of nitrogens with one attached hydrogen (secondary N) is 1. The van der Waals surface area contributed by atoms with Crippen molar-refractivity contribution in [1.29, 1.82) is 0 Å². The minimum Gasteiger partial charge on any atom is -0.474 e. The van der Waals surface area contributed by atoms with E-state index in [4.69, 9.17) is 16.3 Å². The van der Waals surface area contributed by atoms with Gasteiger partial charge in [-0.15, -0.1) is 0 Å². The molecule has 0 radical (unpaired) electrons. The molecule has 0 amide bonds. The van der Waals surface area contributed by atoms with Gasteiger partial charge in [-0.05, 0) is 24.3 Å². The summed E-state index contributed by atoms with van der Waals surface area (Å²) in [5.74, 6) is -0.327. The molecule has 2 aromatic rings. The second-order valence-corrected chi connectivity index (χ2v) is 6.30. The van der Waals surface area contributed by atoms with Crippen molar-refractivity contribution in [3.05, 3.63) is 47.5 Å². The summed E-state index contributed by atoms with van der Waals surface area (Å²) in [6.07, 6.45) is 1.72. The zero-order chi connectivity index (χ0) is 16.3. The Hall–Kier alpha value is -2.14. The maximum atomic E-state index is 12.6. The highest BCUT2D eigenvalue weighted by atomic mass is 35.5. The topological polar surface area (TPSA) is 72.1 Å². The fraction of sp³-hybridized carbons (Fsp3) is 0.312. The van der Waals surface area contributed by atoms with Crippen LogP contribution in [0.4, 0.5) is 0 Å². The number of ether oxygens (including phenoxy) is 1. The predicted molar refractivity (Wildman–Crippen MR) is 83.2 cm³/mol. The van der Waals surface area contributed by atoms with Crippen LogP contribution in [0.3, 0.4) is 0 Å². The first-order chi connectivity index (χ1) is 10.3. The molecule has 1 heterocycles. The van der Waals surface area contributed by atoms with Crippen LogP contribution in [0.2, 0.25) is 5.02 Å². The Labute approximate surface area is 133 Å². The number of ketones is 2. The SMILES string of the molecule is CC(C)(C)C(=O)C(Oc1ccc(Cl)cc1)C(=O)c1ncc[nH]1. The average Bonchev–Trinajstić information content (AvgIpc) is 2.98. The number of hydrogen-bond donors (Lipinski definition) is 1. The van der Waals surface area contributed by atoms with Gasteiger partial charge in [0.2, 0.25) is 11.9 Å². The maximum absolute atomic E-state index is 12.6. The maximum Gasteiger partial charge on any atom is 0.246 e. The van der Waals surface area contributed by atoms with E-state index in [0.717, 1.165) is 0 Å². The van der Waals surface area contributed by atoms with Crippen molar-refractivity contribution in [1.82, 2.24) is 9.97 Å². The van der Waals surface area contributed by atoms with Crippen molar-refractivity contribution in [3.8, 4) is 5.75 Å². The monoisotopic (exact) mass is 320 g/mol. The fourth-order valence-corrected chi connectivity index (χ4v) is 1.92. The summed E-state index contributed by atoms with van der Waals surface area (Å²) in [6, 6.07) is 6.49. The molecule has 6 heteroatoms. The predicted octanol–water partition coefficient (Wildman–Crippen LogP) is 3.31. The highest BCUT2D eigenvalue weighted by Gasteiger charge is 2.38. The number of aromatic nitrogens is 2. The quantitative estimate of drug-likeness (QED) is 0.677. The normalized spacial score (nSPS) is 12.7. The minimum atomic E-state index is -1.26. The summed E-state index contributed by atoms with van der Waals surface area (Å²) in [5.41, 5.74) is -0.723. The minimum absolute atomic E-state index is 0.0940. The van der Waals surface area contributed by atoms with Crippen LogP contribution >= 0.6 is 11.6 Å². The molecule has 0 saturated carbocycles. The number of H-pyrrole nitrogens is 1. The Kier molecular flexibility index (Phi) is 4.66. The zero-order valence-electron chi connectivity index (χ0n) is 12.6. The lowest BCUT2D eigenvalue weighted by molar-refractivity contribution is -0.131. The summed E-state index contributed by atoms with van der Waals surface area (Å²) in [4.78, 5) is 31.7. The van der Waals surface area contributed by atoms with Gasteiger partial charge < -0.3 is 9.72 Å². The number of carbonyl (C=O) groups excluding carboxylic acids is 2. The summed E-state index contributed by atoms with van der Waals surface area (Å²) in [6.45, 7) is 5.22. The number of aromatic amines is 1. The molecule has 1 aromatic carbocycles. The molecule has 1 N–H and O–H groups in total. The Morgan fingerprint density at radius 2 is 1.86 bits per heavy atom. The van der Waals surface area contributed by atoms with Crippen molar-refractivity contribution in [2.45, 2.75) is 26.9 Å². The Balaban J connectivity index is 2.31. The van der Waals surface area contributed by atoms with Gasteiger partial charge in [0.05, 0.1) is 0 Å². The van der Waals surface area contributed by atoms with Crippen LogP contribution in [0.25, 0.3) is 0 Å². The molecule has 22 heavy (non-hydrogen) atoms. The fourth-order valence-electron chi connectivity index (χ4n) is 1.79. The Morgan fingerprint density at radius 1 is 1.23 bits per heavy atom. The second kappa shape index (κ2) is 6.32. The molecule has 1 atom stereocenters. The molecule has 0 bridgehead atoms. The molecular formula is C16H17ClN2O3. The molecule has 5 nitrogen and oxygen atoms in total. The van der Waals surface area contributed by atoms with Crippen molar-refractivity contribution < 1.29 is 14.3 Å². The van der Waals surface area contributed by atoms with Gasteiger partial charge >= 0.3 is 0 Å². The van der Waals surface area contributed by atoms with Crippen molar-refractivity contribution >= 4 is 23.2 Å². The van der Waals surface area contributed by atoms with Crippen LogP contribution < -0.4 is 4.74 Å². The molecule has 0 aliphatic carbocycles. The molecule has 1 unspecified atom stereocenters. The van der Waals surface area contributed by atoms with Gasteiger partial charge in [-0.1, -0.05) is 32.4 Å². The van der Waals surface area contributed by atoms with Gasteiger partial charge in [-0.3, -0.25) is 9.59 Å². The summed E-state index contributed by atoms with van der Waals surface area (Å²) < 4.78 is 5.63. The van der Waals surface area contributed by atoms with Gasteiger partial charge in [-0.2, -0.15) is 0 Å². The highest BCUT2D eigenvalue weighted by molar-refractivity contribution is 6.30. The molecule has 1 aromatic heterocycles. The lowest BCUT2D eigenvalue weighted by atomic mass is 9.86. The van der Waals surface area contributed by atoms with Crippen LogP contribution in [0.1, 0.15) is 31.4 Å². The number of halogens is 1. The van der Waals surface area contributed by atoms with Crippen molar-refractivity contribution in [2.24, 2.45) is 5.41 Å². The van der Waals surface area contributed by atoms with E-state index < -0.39 is 17.3 Å². The number of imidazole rings is 1. The summed E-state index contributed by atoms with van der Waals surface area (Å²) in [5, 5.41) is 0.545. The number of Topliss-reactive ketones (excluding diaryl/α,β-unsaturated/α-hetero) is 2. The molecule has 0 saturated heterocycles. The average molecular weight is 321 g/mol. The van der Waals surface area contributed by atoms with Crippen LogP contribution in [-0.2, 0) is 4.79 Å². The van der Waals surface area contributed by atoms with E-state index in [9.17, 15) is 9.59 Å². The standard InChI is InChI=1S/C16H17ClN2O3/c1-16(2,3)14(21)13(12(20)15-18-8-9-19-15)22-11-6-4-10(17)5-7-11/h4-9,13H,1-3H3,(H,18,19). The first-order valence-corrected chi connectivity index (χ1v) is 7.17. The van der Waals surface area contributed by atoms with E-state index in [0.29, 0.717) is 10.8 Å². The summed E-state index contributed by atoms with van der Waals surface area (Å²) in [7, 11) is 0. The van der Waals surface area contributed by atoms with E-state index in [1.807, 2.05) is 0 Å². The van der Waals surface area contributed by atoms with E-state index in [1.165, 1.54) is 12.4 Å². The molecule has 2 rings (SSSR count). The number of carbonyl (C=O) groups is 2. The summed E-state index contributed by atoms with van der Waals surface area (Å²) >= 11 is 5.82. The first-order valence-electron chi connectivity index (χ1n) is 6.79. The third-order valence-corrected chi connectivity index (χ3v) is 3.27. The van der Waals surface area contributed by atoms with Crippen molar-refractivity contribution in [2.75, 3.05) is 0 Å². The van der Waals surface area contributed by atoms with E-state index >= 15 is 0 Å². The van der Waals surface area contributed by atoms with Crippen LogP contribution in [0.15, 0.2) is 36.7 Å². The van der Waals surface area contributed by atoms with E-state index in [2.05, 4.69) is 9.97 Å². The number of hydrogen-bond acceptors (Lipinski definition) is 4. The van der Waals surface area contributed by atoms with E-state index in [1.54, 1.807) is 45.0 Å². The van der Waals surface area contributed by atoms with Crippen LogP contribution in [0.5, 0.6) is 5.75 Å². The lowest BCUT2D eigenvalue weighted by Gasteiger charge is -2.24. The Morgan fingerprint density at radius 3 is 2.36 bits per heavy atom. The van der Waals surface area contributed by atoms with Crippen molar-refractivity contribution in [3.63, 3.8) is 0 Å². The van der Waals surface area contributed by atoms with Gasteiger partial charge in [0, 0.05) is 22.8 Å². The number of nitrogens with zero attached hydrogens (tertiary/aromatic N) is 1. The molecule has 116 valence electrons. The van der Waals surface area contributed by atoms with E-state index in [-0.39, 0.29) is 11.6 Å². The van der Waals surface area contributed by atoms with Crippen LogP contribution in [-0.4, -0.2) is 27.6 Å². The molecule has 0 aliphatic heterocycles. The third-order valence-electron chi connectivity index (χ3n) is 3.01. The second-order valence-electron chi connectivity index (χ2n) is 5.87. The van der Waals surface area contributed by atoms with Gasteiger partial charge in [0.15, 0.2) is 11.6 Å². The molecule has 0 aliphatic rings. The third kappa shape index (κ3) is 3.74. The van der Waals surface area contributed by atoms with Gasteiger partial charge in [0.25, 0.3) is 0 Å².